The molecular weight excluding hydrogens is 404 g/mol. The first kappa shape index (κ1) is 28.7. The summed E-state index contributed by atoms with van der Waals surface area (Å²) in [5.41, 5.74) is 0. The van der Waals surface area contributed by atoms with Crippen LogP contribution in [0.15, 0.2) is 0 Å². The Balaban J connectivity index is 1.30. The normalized spacial score (nSPS) is 21.8. The monoisotopic (exact) mass is 462 g/mol. The van der Waals surface area contributed by atoms with E-state index in [1.165, 1.54) is 141 Å². The van der Waals surface area contributed by atoms with Gasteiger partial charge in [-0.2, -0.15) is 0 Å². The zero-order chi connectivity index (χ0) is 23.4. The van der Waals surface area contributed by atoms with Gasteiger partial charge in [-0.05, 0) is 43.9 Å². The Labute approximate surface area is 207 Å². The van der Waals surface area contributed by atoms with Crippen molar-refractivity contribution in [3.8, 4) is 0 Å². The molecule has 0 aromatic carbocycles. The Kier molecular flexibility index (Phi) is 17.2. The number of unbranched alkanes of at least 4 members (excludes halogenated alkanes) is 15. The predicted octanol–water partition coefficient (Wildman–Crippen LogP) is 10.2. The van der Waals surface area contributed by atoms with Crippen molar-refractivity contribution in [1.29, 1.82) is 0 Å². The minimum absolute atomic E-state index is 0.109. The van der Waals surface area contributed by atoms with Gasteiger partial charge in [0.1, 0.15) is 0 Å². The second-order valence-electron chi connectivity index (χ2n) is 11.5. The van der Waals surface area contributed by atoms with Crippen LogP contribution in [0.25, 0.3) is 0 Å². The van der Waals surface area contributed by atoms with Crippen LogP contribution in [0, 0.1) is 17.8 Å². The van der Waals surface area contributed by atoms with E-state index in [1.807, 2.05) is 0 Å². The Hall–Kier alpha value is -0.530. The van der Waals surface area contributed by atoms with E-state index < -0.39 is 0 Å². The number of hydrogen-bond donors (Lipinski definition) is 0. The molecule has 2 aliphatic carbocycles. The molecule has 2 saturated carbocycles. The van der Waals surface area contributed by atoms with Gasteiger partial charge in [0.2, 0.25) is 0 Å². The van der Waals surface area contributed by atoms with Crippen LogP contribution in [0.3, 0.4) is 0 Å². The van der Waals surface area contributed by atoms with E-state index in [0.29, 0.717) is 6.61 Å². The molecule has 0 aliphatic heterocycles. The summed E-state index contributed by atoms with van der Waals surface area (Å²) in [5, 5.41) is 0. The van der Waals surface area contributed by atoms with Crippen LogP contribution in [0.5, 0.6) is 0 Å². The first-order chi connectivity index (χ1) is 16.3. The van der Waals surface area contributed by atoms with Crippen molar-refractivity contribution in [3.63, 3.8) is 0 Å². The third-order valence-electron chi connectivity index (χ3n) is 8.66. The lowest BCUT2D eigenvalue weighted by Gasteiger charge is -2.35. The summed E-state index contributed by atoms with van der Waals surface area (Å²) in [5.74, 6) is 2.17. The fraction of sp³-hybridized carbons (Fsp3) is 0.968. The Morgan fingerprint density at radius 2 is 0.970 bits per heavy atom. The van der Waals surface area contributed by atoms with Crippen molar-refractivity contribution in [2.24, 2.45) is 17.8 Å². The molecule has 0 spiro atoms. The Morgan fingerprint density at radius 1 is 0.545 bits per heavy atom. The highest BCUT2D eigenvalue weighted by atomic mass is 16.5. The number of hydrogen-bond acceptors (Lipinski definition) is 2. The second-order valence-corrected chi connectivity index (χ2v) is 11.5. The molecule has 0 heterocycles. The molecule has 0 unspecified atom stereocenters. The van der Waals surface area contributed by atoms with E-state index in [9.17, 15) is 4.79 Å². The molecule has 0 aromatic heterocycles. The molecule has 0 amide bonds. The zero-order valence-electron chi connectivity index (χ0n) is 22.4. The summed E-state index contributed by atoms with van der Waals surface area (Å²) < 4.78 is 5.64. The molecule has 2 nitrogen and oxygen atoms in total. The van der Waals surface area contributed by atoms with E-state index >= 15 is 0 Å². The van der Waals surface area contributed by atoms with Crippen LogP contribution in [0.1, 0.15) is 167 Å². The molecule has 33 heavy (non-hydrogen) atoms. The van der Waals surface area contributed by atoms with E-state index in [2.05, 4.69) is 6.92 Å². The van der Waals surface area contributed by atoms with Crippen molar-refractivity contribution in [2.75, 3.05) is 6.61 Å². The standard InChI is InChI=1S/C31H58O2/c1-2-3-4-5-6-7-8-9-10-11-12-13-14-15-16-20-27-33-31(32)30-25-23-29(24-26-30)28-21-18-17-19-22-28/h28-30H,2-27H2,1H3. The first-order valence-corrected chi connectivity index (χ1v) is 15.5. The summed E-state index contributed by atoms with van der Waals surface area (Å²) >= 11 is 0. The topological polar surface area (TPSA) is 26.3 Å². The largest absolute Gasteiger partial charge is 0.465 e. The van der Waals surface area contributed by atoms with Gasteiger partial charge in [0.05, 0.1) is 12.5 Å². The maximum absolute atomic E-state index is 12.4. The highest BCUT2D eigenvalue weighted by Gasteiger charge is 2.31. The molecule has 2 rings (SSSR count). The number of carbonyl (C=O) groups excluding carboxylic acids is 1. The number of carbonyl (C=O) groups is 1. The summed E-state index contributed by atoms with van der Waals surface area (Å²) in [7, 11) is 0. The van der Waals surface area contributed by atoms with Gasteiger partial charge >= 0.3 is 5.97 Å². The third-order valence-corrected chi connectivity index (χ3v) is 8.66. The molecule has 0 atom stereocenters. The Bertz CT molecular complexity index is 446. The van der Waals surface area contributed by atoms with Crippen LogP contribution in [0.4, 0.5) is 0 Å². The lowest BCUT2D eigenvalue weighted by atomic mass is 9.71. The van der Waals surface area contributed by atoms with Gasteiger partial charge in [-0.25, -0.2) is 0 Å². The minimum atomic E-state index is 0.109. The van der Waals surface area contributed by atoms with Crippen LogP contribution in [-0.4, -0.2) is 12.6 Å². The lowest BCUT2D eigenvalue weighted by molar-refractivity contribution is -0.150. The van der Waals surface area contributed by atoms with E-state index in [1.54, 1.807) is 0 Å². The van der Waals surface area contributed by atoms with Crippen molar-refractivity contribution >= 4 is 5.97 Å². The third kappa shape index (κ3) is 13.8. The zero-order valence-corrected chi connectivity index (χ0v) is 22.4. The molecule has 0 saturated heterocycles. The molecule has 0 N–H and O–H groups in total. The van der Waals surface area contributed by atoms with Crippen LogP contribution in [0.2, 0.25) is 0 Å². The average molecular weight is 463 g/mol. The molecule has 2 heteroatoms. The summed E-state index contributed by atoms with van der Waals surface area (Å²) in [6.45, 7) is 2.94. The van der Waals surface area contributed by atoms with Crippen molar-refractivity contribution < 1.29 is 9.53 Å². The molecule has 0 aromatic rings. The Morgan fingerprint density at radius 3 is 1.45 bits per heavy atom. The van der Waals surface area contributed by atoms with Crippen LogP contribution >= 0.6 is 0 Å². The average Bonchev–Trinajstić information content (AvgIpc) is 2.86. The minimum Gasteiger partial charge on any atom is -0.465 e. The second kappa shape index (κ2) is 19.7. The number of rotatable bonds is 19. The van der Waals surface area contributed by atoms with Gasteiger partial charge in [0.15, 0.2) is 0 Å². The van der Waals surface area contributed by atoms with Crippen molar-refractivity contribution in [2.45, 2.75) is 167 Å². The highest BCUT2D eigenvalue weighted by Crippen LogP contribution is 2.40. The predicted molar refractivity (Wildman–Crippen MR) is 143 cm³/mol. The molecular formula is C31H58O2. The maximum Gasteiger partial charge on any atom is 0.308 e. The smallest absolute Gasteiger partial charge is 0.308 e. The SMILES string of the molecule is CCCCCCCCCCCCCCCCCCOC(=O)C1CCC(C2CCCCC2)CC1. The van der Waals surface area contributed by atoms with Gasteiger partial charge < -0.3 is 4.74 Å². The van der Waals surface area contributed by atoms with Gasteiger partial charge in [0, 0.05) is 0 Å². The summed E-state index contributed by atoms with van der Waals surface area (Å²) in [6.07, 6.45) is 34.0. The molecule has 0 bridgehead atoms. The molecule has 194 valence electrons. The van der Waals surface area contributed by atoms with Crippen molar-refractivity contribution in [1.82, 2.24) is 0 Å². The molecule has 2 fully saturated rings. The molecule has 0 radical (unpaired) electrons. The van der Waals surface area contributed by atoms with Gasteiger partial charge in [-0.15, -0.1) is 0 Å². The van der Waals surface area contributed by atoms with E-state index in [-0.39, 0.29) is 11.9 Å². The van der Waals surface area contributed by atoms with Crippen LogP contribution in [-0.2, 0) is 9.53 Å². The highest BCUT2D eigenvalue weighted by molar-refractivity contribution is 5.72. The fourth-order valence-electron chi connectivity index (χ4n) is 6.37. The lowest BCUT2D eigenvalue weighted by Crippen LogP contribution is -2.28. The summed E-state index contributed by atoms with van der Waals surface area (Å²) in [4.78, 5) is 12.4. The molecule has 2 aliphatic rings. The quantitative estimate of drug-likeness (QED) is 0.141. The summed E-state index contributed by atoms with van der Waals surface area (Å²) in [6, 6.07) is 0. The fourth-order valence-corrected chi connectivity index (χ4v) is 6.37. The first-order valence-electron chi connectivity index (χ1n) is 15.5. The van der Waals surface area contributed by atoms with Gasteiger partial charge in [-0.3, -0.25) is 4.79 Å². The van der Waals surface area contributed by atoms with E-state index in [4.69, 9.17) is 4.74 Å². The number of ether oxygens (including phenoxy) is 1. The number of esters is 1. The van der Waals surface area contributed by atoms with Crippen molar-refractivity contribution in [3.05, 3.63) is 0 Å². The van der Waals surface area contributed by atoms with Gasteiger partial charge in [-0.1, -0.05) is 135 Å². The maximum atomic E-state index is 12.4. The van der Waals surface area contributed by atoms with Gasteiger partial charge in [0.25, 0.3) is 0 Å². The van der Waals surface area contributed by atoms with E-state index in [0.717, 1.165) is 31.1 Å². The van der Waals surface area contributed by atoms with Crippen LogP contribution < -0.4 is 0 Å².